The van der Waals surface area contributed by atoms with Gasteiger partial charge >= 0.3 is 0 Å². The van der Waals surface area contributed by atoms with Crippen molar-refractivity contribution < 1.29 is 5.11 Å². The summed E-state index contributed by atoms with van der Waals surface area (Å²) in [6.45, 7) is 7.43. The zero-order chi connectivity index (χ0) is 13.5. The van der Waals surface area contributed by atoms with Crippen LogP contribution in [0.5, 0.6) is 0 Å². The van der Waals surface area contributed by atoms with Crippen LogP contribution < -0.4 is 4.90 Å². The Morgan fingerprint density at radius 3 is 2.37 bits per heavy atom. The van der Waals surface area contributed by atoms with Gasteiger partial charge in [-0.1, -0.05) is 19.1 Å². The van der Waals surface area contributed by atoms with Gasteiger partial charge in [0.05, 0.1) is 6.61 Å². The molecule has 1 N–H and O–H groups in total. The van der Waals surface area contributed by atoms with Crippen LogP contribution in [0.2, 0.25) is 0 Å². The highest BCUT2D eigenvalue weighted by Crippen LogP contribution is 2.20. The van der Waals surface area contributed by atoms with Gasteiger partial charge in [0.2, 0.25) is 0 Å². The lowest BCUT2D eigenvalue weighted by atomic mass is 10.1. The third-order valence-corrected chi connectivity index (χ3v) is 3.93. The molecule has 0 aliphatic carbocycles. The maximum absolute atomic E-state index is 9.01. The van der Waals surface area contributed by atoms with Gasteiger partial charge in [0.25, 0.3) is 0 Å². The first-order valence-corrected chi connectivity index (χ1v) is 7.50. The van der Waals surface area contributed by atoms with Crippen LogP contribution in [0.3, 0.4) is 0 Å². The molecule has 1 fully saturated rings. The number of aliphatic hydroxyl groups is 1. The van der Waals surface area contributed by atoms with Crippen molar-refractivity contribution in [3.63, 3.8) is 0 Å². The van der Waals surface area contributed by atoms with E-state index in [1.165, 1.54) is 43.6 Å². The minimum Gasteiger partial charge on any atom is -0.395 e. The molecule has 1 saturated heterocycles. The monoisotopic (exact) mass is 262 g/mol. The first kappa shape index (κ1) is 14.4. The van der Waals surface area contributed by atoms with Gasteiger partial charge in [-0.3, -0.25) is 4.90 Å². The second kappa shape index (κ2) is 7.51. The SMILES string of the molecule is CCN(CCO)Cc1ccc(N2CCCCC2)cc1. The van der Waals surface area contributed by atoms with E-state index < -0.39 is 0 Å². The molecule has 1 aromatic rings. The Labute approximate surface area is 116 Å². The van der Waals surface area contributed by atoms with Gasteiger partial charge in [-0.25, -0.2) is 0 Å². The summed E-state index contributed by atoms with van der Waals surface area (Å²) in [5.74, 6) is 0. The summed E-state index contributed by atoms with van der Waals surface area (Å²) in [6.07, 6.45) is 4.02. The quantitative estimate of drug-likeness (QED) is 0.853. The smallest absolute Gasteiger partial charge is 0.0558 e. The van der Waals surface area contributed by atoms with Crippen LogP contribution in [0.4, 0.5) is 5.69 Å². The summed E-state index contributed by atoms with van der Waals surface area (Å²) in [6, 6.07) is 8.94. The maximum Gasteiger partial charge on any atom is 0.0558 e. The number of benzene rings is 1. The number of hydrogen-bond acceptors (Lipinski definition) is 3. The molecule has 1 aliphatic heterocycles. The lowest BCUT2D eigenvalue weighted by molar-refractivity contribution is 0.197. The number of rotatable bonds is 6. The molecule has 0 atom stereocenters. The predicted octanol–water partition coefficient (Wildman–Crippen LogP) is 2.49. The molecule has 0 unspecified atom stereocenters. The fourth-order valence-corrected chi connectivity index (χ4v) is 2.71. The summed E-state index contributed by atoms with van der Waals surface area (Å²) >= 11 is 0. The van der Waals surface area contributed by atoms with Crippen molar-refractivity contribution >= 4 is 5.69 Å². The third-order valence-electron chi connectivity index (χ3n) is 3.93. The summed E-state index contributed by atoms with van der Waals surface area (Å²) in [5, 5.41) is 9.01. The molecule has 3 nitrogen and oxygen atoms in total. The van der Waals surface area contributed by atoms with Gasteiger partial charge < -0.3 is 10.0 Å². The van der Waals surface area contributed by atoms with Crippen molar-refractivity contribution in [3.05, 3.63) is 29.8 Å². The summed E-state index contributed by atoms with van der Waals surface area (Å²) in [4.78, 5) is 4.74. The summed E-state index contributed by atoms with van der Waals surface area (Å²) in [5.41, 5.74) is 2.68. The first-order chi connectivity index (χ1) is 9.33. The van der Waals surface area contributed by atoms with Crippen molar-refractivity contribution in [2.45, 2.75) is 32.7 Å². The number of nitrogens with zero attached hydrogens (tertiary/aromatic N) is 2. The summed E-state index contributed by atoms with van der Waals surface area (Å²) in [7, 11) is 0. The lowest BCUT2D eigenvalue weighted by Crippen LogP contribution is -2.29. The number of hydrogen-bond donors (Lipinski definition) is 1. The highest BCUT2D eigenvalue weighted by Gasteiger charge is 2.10. The van der Waals surface area contributed by atoms with Gasteiger partial charge in [0.1, 0.15) is 0 Å². The van der Waals surface area contributed by atoms with Crippen LogP contribution in [0.1, 0.15) is 31.7 Å². The second-order valence-corrected chi connectivity index (χ2v) is 5.31. The molecule has 1 heterocycles. The van der Waals surface area contributed by atoms with E-state index in [-0.39, 0.29) is 6.61 Å². The van der Waals surface area contributed by atoms with Crippen LogP contribution in [-0.4, -0.2) is 42.8 Å². The van der Waals surface area contributed by atoms with Gasteiger partial charge in [-0.15, -0.1) is 0 Å². The fourth-order valence-electron chi connectivity index (χ4n) is 2.71. The Balaban J connectivity index is 1.93. The van der Waals surface area contributed by atoms with Crippen LogP contribution >= 0.6 is 0 Å². The van der Waals surface area contributed by atoms with E-state index in [1.54, 1.807) is 0 Å². The van der Waals surface area contributed by atoms with Crippen molar-refractivity contribution in [1.29, 1.82) is 0 Å². The van der Waals surface area contributed by atoms with Crippen LogP contribution in [0.15, 0.2) is 24.3 Å². The molecule has 106 valence electrons. The minimum atomic E-state index is 0.236. The van der Waals surface area contributed by atoms with E-state index in [9.17, 15) is 0 Å². The van der Waals surface area contributed by atoms with E-state index in [2.05, 4.69) is 41.0 Å². The van der Waals surface area contributed by atoms with Crippen molar-refractivity contribution in [2.24, 2.45) is 0 Å². The standard InChI is InChI=1S/C16H26N2O/c1-2-17(12-13-19)14-15-6-8-16(9-7-15)18-10-4-3-5-11-18/h6-9,19H,2-5,10-14H2,1H3. The summed E-state index contributed by atoms with van der Waals surface area (Å²) < 4.78 is 0. The van der Waals surface area contributed by atoms with Gasteiger partial charge in [0.15, 0.2) is 0 Å². The Morgan fingerprint density at radius 2 is 1.79 bits per heavy atom. The Morgan fingerprint density at radius 1 is 1.11 bits per heavy atom. The molecule has 0 aromatic heterocycles. The predicted molar refractivity (Wildman–Crippen MR) is 80.5 cm³/mol. The minimum absolute atomic E-state index is 0.236. The van der Waals surface area contributed by atoms with E-state index in [0.29, 0.717) is 0 Å². The van der Waals surface area contributed by atoms with E-state index in [0.717, 1.165) is 19.6 Å². The molecule has 0 spiro atoms. The van der Waals surface area contributed by atoms with Crippen molar-refractivity contribution in [2.75, 3.05) is 37.7 Å². The number of aliphatic hydroxyl groups excluding tert-OH is 1. The molecule has 2 rings (SSSR count). The van der Waals surface area contributed by atoms with Crippen LogP contribution in [-0.2, 0) is 6.54 Å². The van der Waals surface area contributed by atoms with Gasteiger partial charge in [0, 0.05) is 31.9 Å². The molecule has 1 aromatic carbocycles. The molecule has 1 aliphatic rings. The molecule has 0 bridgehead atoms. The highest BCUT2D eigenvalue weighted by molar-refractivity contribution is 5.47. The largest absolute Gasteiger partial charge is 0.395 e. The number of likely N-dealkylation sites (N-methyl/N-ethyl adjacent to an activating group) is 1. The second-order valence-electron chi connectivity index (χ2n) is 5.31. The van der Waals surface area contributed by atoms with Crippen LogP contribution in [0, 0.1) is 0 Å². The maximum atomic E-state index is 9.01. The van der Waals surface area contributed by atoms with Gasteiger partial charge in [-0.2, -0.15) is 0 Å². The first-order valence-electron chi connectivity index (χ1n) is 7.50. The zero-order valence-corrected chi connectivity index (χ0v) is 12.0. The molecular weight excluding hydrogens is 236 g/mol. The van der Waals surface area contributed by atoms with Crippen molar-refractivity contribution in [3.8, 4) is 0 Å². The van der Waals surface area contributed by atoms with Gasteiger partial charge in [-0.05, 0) is 43.5 Å². The molecule has 19 heavy (non-hydrogen) atoms. The average Bonchev–Trinajstić information content (AvgIpc) is 2.48. The average molecular weight is 262 g/mol. The third kappa shape index (κ3) is 4.22. The zero-order valence-electron chi connectivity index (χ0n) is 12.0. The molecule has 0 radical (unpaired) electrons. The lowest BCUT2D eigenvalue weighted by Gasteiger charge is -2.29. The normalized spacial score (nSPS) is 16.1. The Bertz CT molecular complexity index is 358. The molecule has 3 heteroatoms. The topological polar surface area (TPSA) is 26.7 Å². The van der Waals surface area contributed by atoms with Crippen molar-refractivity contribution in [1.82, 2.24) is 4.90 Å². The van der Waals surface area contributed by atoms with E-state index in [1.807, 2.05) is 0 Å². The fraction of sp³-hybridized carbons (Fsp3) is 0.625. The number of piperidine rings is 1. The molecule has 0 saturated carbocycles. The Kier molecular flexibility index (Phi) is 5.67. The Hall–Kier alpha value is -1.06. The van der Waals surface area contributed by atoms with Crippen LogP contribution in [0.25, 0.3) is 0 Å². The van der Waals surface area contributed by atoms with E-state index in [4.69, 9.17) is 5.11 Å². The van der Waals surface area contributed by atoms with E-state index >= 15 is 0 Å². The molecular formula is C16H26N2O. The number of anilines is 1. The molecule has 0 amide bonds. The highest BCUT2D eigenvalue weighted by atomic mass is 16.3.